The topological polar surface area (TPSA) is 58.1 Å². The molecule has 0 bridgehead atoms. The number of pyridine rings is 2. The first kappa shape index (κ1) is 16.0. The quantitative estimate of drug-likeness (QED) is 0.908. The second-order valence-corrected chi connectivity index (χ2v) is 6.39. The maximum atomic E-state index is 12.6. The lowest BCUT2D eigenvalue weighted by atomic mass is 10.1. The van der Waals surface area contributed by atoms with E-state index in [2.05, 4.69) is 15.3 Å². The van der Waals surface area contributed by atoms with Crippen LogP contribution >= 0.6 is 11.8 Å². The van der Waals surface area contributed by atoms with E-state index in [0.717, 1.165) is 36.6 Å². The van der Waals surface area contributed by atoms with Gasteiger partial charge in [-0.3, -0.25) is 14.8 Å². The SMILES string of the molecule is O=C(CSCc1ccccn1)N1CCNCC1c1cccnc1. The first-order chi connectivity index (χ1) is 11.3. The molecule has 1 unspecified atom stereocenters. The smallest absolute Gasteiger partial charge is 0.233 e. The molecule has 0 saturated carbocycles. The van der Waals surface area contributed by atoms with Crippen molar-refractivity contribution in [1.29, 1.82) is 0 Å². The molecule has 6 heteroatoms. The zero-order valence-corrected chi connectivity index (χ0v) is 13.7. The highest BCUT2D eigenvalue weighted by Gasteiger charge is 2.27. The van der Waals surface area contributed by atoms with Crippen molar-refractivity contribution in [3.05, 3.63) is 60.2 Å². The van der Waals surface area contributed by atoms with Crippen LogP contribution in [0, 0.1) is 0 Å². The third-order valence-electron chi connectivity index (χ3n) is 3.83. The number of hydrogen-bond donors (Lipinski definition) is 1. The summed E-state index contributed by atoms with van der Waals surface area (Å²) in [5.41, 5.74) is 2.09. The number of carbonyl (C=O) groups excluding carboxylic acids is 1. The minimum Gasteiger partial charge on any atom is -0.332 e. The summed E-state index contributed by atoms with van der Waals surface area (Å²) >= 11 is 1.62. The maximum Gasteiger partial charge on any atom is 0.233 e. The molecule has 0 aliphatic carbocycles. The minimum atomic E-state index is 0.0698. The first-order valence-electron chi connectivity index (χ1n) is 7.72. The summed E-state index contributed by atoms with van der Waals surface area (Å²) in [4.78, 5) is 23.0. The average Bonchev–Trinajstić information content (AvgIpc) is 2.63. The van der Waals surface area contributed by atoms with Gasteiger partial charge in [0.25, 0.3) is 0 Å². The number of aromatic nitrogens is 2. The predicted octanol–water partition coefficient (Wildman–Crippen LogP) is 1.88. The van der Waals surface area contributed by atoms with Crippen LogP contribution in [0.4, 0.5) is 0 Å². The van der Waals surface area contributed by atoms with Gasteiger partial charge >= 0.3 is 0 Å². The summed E-state index contributed by atoms with van der Waals surface area (Å²) in [6.45, 7) is 2.36. The molecule has 1 saturated heterocycles. The lowest BCUT2D eigenvalue weighted by molar-refractivity contribution is -0.131. The Balaban J connectivity index is 1.58. The molecule has 1 N–H and O–H groups in total. The molecule has 1 atom stereocenters. The number of rotatable bonds is 5. The van der Waals surface area contributed by atoms with Gasteiger partial charge in [0.1, 0.15) is 0 Å². The normalized spacial score (nSPS) is 17.9. The molecule has 0 radical (unpaired) electrons. The zero-order valence-electron chi connectivity index (χ0n) is 12.9. The molecule has 5 nitrogen and oxygen atoms in total. The van der Waals surface area contributed by atoms with Crippen LogP contribution in [-0.2, 0) is 10.5 Å². The fraction of sp³-hybridized carbons (Fsp3) is 0.353. The number of thioether (sulfide) groups is 1. The van der Waals surface area contributed by atoms with Crippen LogP contribution in [0.3, 0.4) is 0 Å². The molecular weight excluding hydrogens is 308 g/mol. The number of hydrogen-bond acceptors (Lipinski definition) is 5. The van der Waals surface area contributed by atoms with Gasteiger partial charge < -0.3 is 10.2 Å². The average molecular weight is 328 g/mol. The van der Waals surface area contributed by atoms with E-state index in [-0.39, 0.29) is 11.9 Å². The van der Waals surface area contributed by atoms with E-state index in [1.807, 2.05) is 41.4 Å². The van der Waals surface area contributed by atoms with Crippen molar-refractivity contribution in [3.63, 3.8) is 0 Å². The summed E-state index contributed by atoms with van der Waals surface area (Å²) < 4.78 is 0. The van der Waals surface area contributed by atoms with Crippen molar-refractivity contribution >= 4 is 17.7 Å². The van der Waals surface area contributed by atoms with E-state index in [1.165, 1.54) is 0 Å². The van der Waals surface area contributed by atoms with Gasteiger partial charge in [-0.1, -0.05) is 12.1 Å². The van der Waals surface area contributed by atoms with Crippen molar-refractivity contribution in [2.75, 3.05) is 25.4 Å². The minimum absolute atomic E-state index is 0.0698. The summed E-state index contributed by atoms with van der Waals surface area (Å²) in [5, 5.41) is 3.36. The molecule has 1 aliphatic heterocycles. The van der Waals surface area contributed by atoms with Crippen LogP contribution in [0.2, 0.25) is 0 Å². The third kappa shape index (κ3) is 4.30. The molecular formula is C17H20N4OS. The standard InChI is InChI=1S/C17H20N4OS/c22-17(13-23-12-15-5-1-2-7-20-15)21-9-8-19-11-16(21)14-4-3-6-18-10-14/h1-7,10,16,19H,8-9,11-13H2. The van der Waals surface area contributed by atoms with E-state index >= 15 is 0 Å². The number of nitrogens with zero attached hydrogens (tertiary/aromatic N) is 3. The molecule has 2 aromatic rings. The van der Waals surface area contributed by atoms with Crippen LogP contribution in [0.5, 0.6) is 0 Å². The monoisotopic (exact) mass is 328 g/mol. The third-order valence-corrected chi connectivity index (χ3v) is 4.79. The fourth-order valence-electron chi connectivity index (χ4n) is 2.68. The highest BCUT2D eigenvalue weighted by Crippen LogP contribution is 2.22. The Morgan fingerprint density at radius 3 is 3.04 bits per heavy atom. The van der Waals surface area contributed by atoms with E-state index < -0.39 is 0 Å². The van der Waals surface area contributed by atoms with Crippen molar-refractivity contribution in [3.8, 4) is 0 Å². The summed E-state index contributed by atoms with van der Waals surface area (Å²) in [6.07, 6.45) is 5.39. The molecule has 1 aliphatic rings. The van der Waals surface area contributed by atoms with E-state index in [4.69, 9.17) is 0 Å². The van der Waals surface area contributed by atoms with Crippen LogP contribution < -0.4 is 5.32 Å². The van der Waals surface area contributed by atoms with Crippen molar-refractivity contribution in [2.45, 2.75) is 11.8 Å². The second-order valence-electron chi connectivity index (χ2n) is 5.41. The van der Waals surface area contributed by atoms with E-state index in [1.54, 1.807) is 24.2 Å². The molecule has 0 aromatic carbocycles. The van der Waals surface area contributed by atoms with Gasteiger partial charge in [-0.05, 0) is 23.8 Å². The van der Waals surface area contributed by atoms with E-state index in [0.29, 0.717) is 5.75 Å². The van der Waals surface area contributed by atoms with Crippen molar-refractivity contribution < 1.29 is 4.79 Å². The Kier molecular flexibility index (Phi) is 5.60. The maximum absolute atomic E-state index is 12.6. The molecule has 1 amide bonds. The van der Waals surface area contributed by atoms with Gasteiger partial charge in [0.05, 0.1) is 17.5 Å². The van der Waals surface area contributed by atoms with Gasteiger partial charge in [-0.2, -0.15) is 0 Å². The molecule has 23 heavy (non-hydrogen) atoms. The summed E-state index contributed by atoms with van der Waals surface area (Å²) in [6, 6.07) is 9.88. The summed E-state index contributed by atoms with van der Waals surface area (Å²) in [5.74, 6) is 1.42. The molecule has 120 valence electrons. The van der Waals surface area contributed by atoms with Gasteiger partial charge in [-0.25, -0.2) is 0 Å². The van der Waals surface area contributed by atoms with E-state index in [9.17, 15) is 4.79 Å². The Hall–Kier alpha value is -1.92. The largest absolute Gasteiger partial charge is 0.332 e. The Morgan fingerprint density at radius 2 is 2.26 bits per heavy atom. The highest BCUT2D eigenvalue weighted by molar-refractivity contribution is 7.99. The van der Waals surface area contributed by atoms with Gasteiger partial charge in [0, 0.05) is 44.0 Å². The van der Waals surface area contributed by atoms with Crippen LogP contribution in [0.25, 0.3) is 0 Å². The van der Waals surface area contributed by atoms with Crippen LogP contribution in [0.1, 0.15) is 17.3 Å². The Labute approximate surface area is 140 Å². The molecule has 1 fully saturated rings. The van der Waals surface area contributed by atoms with Gasteiger partial charge in [-0.15, -0.1) is 11.8 Å². The highest BCUT2D eigenvalue weighted by atomic mass is 32.2. The number of piperazine rings is 1. The Bertz CT molecular complexity index is 623. The lowest BCUT2D eigenvalue weighted by Gasteiger charge is -2.36. The van der Waals surface area contributed by atoms with Crippen molar-refractivity contribution in [1.82, 2.24) is 20.2 Å². The molecule has 3 rings (SSSR count). The Morgan fingerprint density at radius 1 is 1.30 bits per heavy atom. The second kappa shape index (κ2) is 8.08. The van der Waals surface area contributed by atoms with Crippen LogP contribution in [0.15, 0.2) is 48.9 Å². The van der Waals surface area contributed by atoms with Gasteiger partial charge in [0.2, 0.25) is 5.91 Å². The fourth-order valence-corrected chi connectivity index (χ4v) is 3.51. The molecule has 3 heterocycles. The molecule has 0 spiro atoms. The number of carbonyl (C=O) groups is 1. The van der Waals surface area contributed by atoms with Crippen molar-refractivity contribution in [2.24, 2.45) is 0 Å². The van der Waals surface area contributed by atoms with Gasteiger partial charge in [0.15, 0.2) is 0 Å². The summed E-state index contributed by atoms with van der Waals surface area (Å²) in [7, 11) is 0. The van der Waals surface area contributed by atoms with Crippen LogP contribution in [-0.4, -0.2) is 46.2 Å². The number of amides is 1. The predicted molar refractivity (Wildman–Crippen MR) is 92.0 cm³/mol. The first-order valence-corrected chi connectivity index (χ1v) is 8.88. The number of nitrogens with one attached hydrogen (secondary N) is 1. The lowest BCUT2D eigenvalue weighted by Crippen LogP contribution is -2.49. The molecule has 2 aromatic heterocycles. The zero-order chi connectivity index (χ0) is 15.9.